The van der Waals surface area contributed by atoms with Gasteiger partial charge in [-0.25, -0.2) is 4.98 Å². The number of rotatable bonds is 7. The zero-order valence-corrected chi connectivity index (χ0v) is 15.7. The summed E-state index contributed by atoms with van der Waals surface area (Å²) >= 11 is 0. The molecule has 1 aromatic carbocycles. The first kappa shape index (κ1) is 18.5. The highest BCUT2D eigenvalue weighted by Crippen LogP contribution is 2.32. The van der Waals surface area contributed by atoms with Crippen LogP contribution in [0.2, 0.25) is 0 Å². The number of nitrogens with one attached hydrogen (secondary N) is 1. The fourth-order valence-electron chi connectivity index (χ4n) is 3.64. The summed E-state index contributed by atoms with van der Waals surface area (Å²) in [6.07, 6.45) is 5.56. The number of hydrogen-bond acceptors (Lipinski definition) is 5. The summed E-state index contributed by atoms with van der Waals surface area (Å²) in [4.78, 5) is 4.68. The molecule has 3 rings (SSSR count). The molecule has 1 saturated heterocycles. The molecule has 140 valence electrons. The molecule has 0 spiro atoms. The molecule has 1 aromatic heterocycles. The molecule has 1 fully saturated rings. The van der Waals surface area contributed by atoms with Crippen LogP contribution in [0.25, 0.3) is 0 Å². The third-order valence-electron chi connectivity index (χ3n) is 5.13. The predicted molar refractivity (Wildman–Crippen MR) is 107 cm³/mol. The van der Waals surface area contributed by atoms with Crippen LogP contribution in [0, 0.1) is 0 Å². The third kappa shape index (κ3) is 4.08. The van der Waals surface area contributed by atoms with E-state index in [0.717, 1.165) is 53.7 Å². The molecule has 0 amide bonds. The fourth-order valence-corrected chi connectivity index (χ4v) is 3.64. The summed E-state index contributed by atoms with van der Waals surface area (Å²) in [5.41, 5.74) is 7.60. The molecular weight excluding hydrogens is 328 g/mol. The Balaban J connectivity index is 1.83. The van der Waals surface area contributed by atoms with Gasteiger partial charge < -0.3 is 20.5 Å². The van der Waals surface area contributed by atoms with E-state index in [0.29, 0.717) is 5.69 Å². The number of hydrogen-bond donors (Lipinski definition) is 2. The molecule has 1 aliphatic heterocycles. The molecule has 2 aromatic rings. The molecule has 0 radical (unpaired) electrons. The molecule has 6 heteroatoms. The van der Waals surface area contributed by atoms with Crippen molar-refractivity contribution in [1.82, 2.24) is 9.47 Å². The lowest BCUT2D eigenvalue weighted by Gasteiger charge is -2.39. The monoisotopic (exact) mass is 357 g/mol. The second-order valence-corrected chi connectivity index (χ2v) is 6.82. The van der Waals surface area contributed by atoms with Crippen molar-refractivity contribution in [2.45, 2.75) is 19.3 Å². The number of nitrogens with zero attached hydrogens (tertiary/aromatic N) is 2. The van der Waals surface area contributed by atoms with Crippen molar-refractivity contribution in [3.63, 3.8) is 0 Å². The van der Waals surface area contributed by atoms with Crippen LogP contribution in [-0.2, 0) is 4.74 Å². The van der Waals surface area contributed by atoms with Crippen molar-refractivity contribution in [3.05, 3.63) is 36.5 Å². The van der Waals surface area contributed by atoms with Gasteiger partial charge >= 0.3 is 0 Å². The number of quaternary nitrogens is 1. The zero-order chi connectivity index (χ0) is 18.4. The Kier molecular flexibility index (Phi) is 5.96. The lowest BCUT2D eigenvalue weighted by Crippen LogP contribution is -2.55. The van der Waals surface area contributed by atoms with E-state index >= 15 is 0 Å². The van der Waals surface area contributed by atoms with E-state index in [1.807, 2.05) is 37.5 Å². The van der Waals surface area contributed by atoms with Crippen LogP contribution in [0.5, 0.6) is 11.5 Å². The number of pyridine rings is 1. The van der Waals surface area contributed by atoms with E-state index in [2.05, 4.69) is 16.4 Å². The van der Waals surface area contributed by atoms with Crippen LogP contribution >= 0.6 is 0 Å². The standard InChI is InChI=1S/C20H29N4O2/c1-22-19-7-6-16(14-18(19)21)26-17-8-9-23-20(15-17)24(12-13-25-2)10-4-3-5-11-24/h6-9,14-15,22H,3-5,10-13,21H2,1-2H3/q+1. The summed E-state index contributed by atoms with van der Waals surface area (Å²) in [5.74, 6) is 2.56. The van der Waals surface area contributed by atoms with Crippen molar-refractivity contribution in [2.24, 2.45) is 0 Å². The second kappa shape index (κ2) is 8.38. The Morgan fingerprint density at radius 2 is 1.88 bits per heavy atom. The highest BCUT2D eigenvalue weighted by molar-refractivity contribution is 5.68. The van der Waals surface area contributed by atoms with Gasteiger partial charge in [0.1, 0.15) is 18.0 Å². The number of nitrogen functional groups attached to an aromatic ring is 1. The fraction of sp³-hybridized carbons (Fsp3) is 0.450. The lowest BCUT2D eigenvalue weighted by molar-refractivity contribution is 0.134. The van der Waals surface area contributed by atoms with E-state index in [1.165, 1.54) is 19.3 Å². The highest BCUT2D eigenvalue weighted by atomic mass is 16.5. The first-order valence-electron chi connectivity index (χ1n) is 9.24. The molecule has 3 N–H and O–H groups in total. The average molecular weight is 357 g/mol. The Bertz CT molecular complexity index is 730. The van der Waals surface area contributed by atoms with E-state index in [9.17, 15) is 0 Å². The summed E-state index contributed by atoms with van der Waals surface area (Å²) in [6.45, 7) is 3.87. The SMILES string of the molecule is CNc1ccc(Oc2ccnc([N+]3(CCOC)CCCCC3)c2)cc1N. The number of aromatic nitrogens is 1. The number of anilines is 2. The summed E-state index contributed by atoms with van der Waals surface area (Å²) in [6, 6.07) is 9.62. The Labute approximate surface area is 155 Å². The highest BCUT2D eigenvalue weighted by Gasteiger charge is 2.34. The maximum Gasteiger partial charge on any atom is 0.231 e. The molecule has 0 aliphatic carbocycles. The van der Waals surface area contributed by atoms with Gasteiger partial charge in [0.2, 0.25) is 5.82 Å². The Morgan fingerprint density at radius 3 is 2.58 bits per heavy atom. The minimum Gasteiger partial charge on any atom is -0.457 e. The number of benzene rings is 1. The molecule has 1 aliphatic rings. The maximum absolute atomic E-state index is 6.05. The topological polar surface area (TPSA) is 69.4 Å². The normalized spacial score (nSPS) is 16.2. The molecule has 0 saturated carbocycles. The van der Waals surface area contributed by atoms with Crippen LogP contribution < -0.4 is 20.3 Å². The minimum absolute atomic E-state index is 0.666. The van der Waals surface area contributed by atoms with Gasteiger partial charge in [-0.15, -0.1) is 0 Å². The number of likely N-dealkylation sites (tertiary alicyclic amines) is 1. The zero-order valence-electron chi connectivity index (χ0n) is 15.7. The number of methoxy groups -OCH3 is 1. The van der Waals surface area contributed by atoms with Crippen LogP contribution in [0.3, 0.4) is 0 Å². The molecule has 0 unspecified atom stereocenters. The van der Waals surface area contributed by atoms with Gasteiger partial charge in [-0.1, -0.05) is 0 Å². The molecule has 0 atom stereocenters. The van der Waals surface area contributed by atoms with Crippen LogP contribution in [0.4, 0.5) is 17.2 Å². The summed E-state index contributed by atoms with van der Waals surface area (Å²) < 4.78 is 12.3. The summed E-state index contributed by atoms with van der Waals surface area (Å²) in [5, 5.41) is 3.06. The third-order valence-corrected chi connectivity index (χ3v) is 5.13. The van der Waals surface area contributed by atoms with Crippen molar-refractivity contribution < 1.29 is 9.47 Å². The van der Waals surface area contributed by atoms with Gasteiger partial charge in [0.05, 0.1) is 37.1 Å². The van der Waals surface area contributed by atoms with Gasteiger partial charge in [-0.05, 0) is 37.5 Å². The number of piperidine rings is 1. The molecule has 2 heterocycles. The van der Waals surface area contributed by atoms with Gasteiger partial charge in [-0.2, -0.15) is 0 Å². The number of nitrogens with two attached hydrogens (primary N) is 1. The Morgan fingerprint density at radius 1 is 1.12 bits per heavy atom. The predicted octanol–water partition coefficient (Wildman–Crippen LogP) is 3.64. The van der Waals surface area contributed by atoms with E-state index in [1.54, 1.807) is 7.11 Å². The van der Waals surface area contributed by atoms with E-state index in [4.69, 9.17) is 15.2 Å². The van der Waals surface area contributed by atoms with Crippen molar-refractivity contribution in [1.29, 1.82) is 0 Å². The van der Waals surface area contributed by atoms with Crippen LogP contribution in [0.15, 0.2) is 36.5 Å². The largest absolute Gasteiger partial charge is 0.457 e. The Hall–Kier alpha value is -2.31. The van der Waals surface area contributed by atoms with Gasteiger partial charge in [0.15, 0.2) is 0 Å². The van der Waals surface area contributed by atoms with E-state index < -0.39 is 0 Å². The average Bonchev–Trinajstić information content (AvgIpc) is 2.67. The first-order valence-corrected chi connectivity index (χ1v) is 9.24. The van der Waals surface area contributed by atoms with Crippen LogP contribution in [-0.4, -0.2) is 45.4 Å². The molecule has 0 bridgehead atoms. The van der Waals surface area contributed by atoms with Crippen molar-refractivity contribution >= 4 is 17.2 Å². The minimum atomic E-state index is 0.666. The van der Waals surface area contributed by atoms with Gasteiger partial charge in [0.25, 0.3) is 0 Å². The summed E-state index contributed by atoms with van der Waals surface area (Å²) in [7, 11) is 3.61. The van der Waals surface area contributed by atoms with Crippen molar-refractivity contribution in [2.75, 3.05) is 51.4 Å². The quantitative estimate of drug-likeness (QED) is 0.585. The lowest BCUT2D eigenvalue weighted by atomic mass is 10.1. The van der Waals surface area contributed by atoms with Crippen molar-refractivity contribution in [3.8, 4) is 11.5 Å². The van der Waals surface area contributed by atoms with Gasteiger partial charge in [0, 0.05) is 26.4 Å². The van der Waals surface area contributed by atoms with Crippen LogP contribution in [0.1, 0.15) is 19.3 Å². The van der Waals surface area contributed by atoms with E-state index in [-0.39, 0.29) is 0 Å². The molecule has 26 heavy (non-hydrogen) atoms. The van der Waals surface area contributed by atoms with Gasteiger partial charge in [-0.3, -0.25) is 4.48 Å². The first-order chi connectivity index (χ1) is 12.7. The smallest absolute Gasteiger partial charge is 0.231 e. The second-order valence-electron chi connectivity index (χ2n) is 6.82. The molecule has 6 nitrogen and oxygen atoms in total. The maximum atomic E-state index is 6.05. The number of ether oxygens (including phenoxy) is 2. The molecular formula is C20H29N4O2+.